The maximum Gasteiger partial charge on any atom is 0.157 e. The zero-order valence-corrected chi connectivity index (χ0v) is 11.7. The first-order valence-electron chi connectivity index (χ1n) is 6.25. The average Bonchev–Trinajstić information content (AvgIpc) is 2.36. The van der Waals surface area contributed by atoms with Crippen molar-refractivity contribution in [2.45, 2.75) is 26.2 Å². The van der Waals surface area contributed by atoms with Gasteiger partial charge in [-0.1, -0.05) is 24.9 Å². The number of nitrogens with zero attached hydrogens (tertiary/aromatic N) is 2. The Hall–Kier alpha value is -1.07. The van der Waals surface area contributed by atoms with Gasteiger partial charge in [0.05, 0.1) is 0 Å². The molecule has 0 fully saturated rings. The van der Waals surface area contributed by atoms with Gasteiger partial charge in [-0.2, -0.15) is 0 Å². The molecule has 1 atom stereocenters. The molecule has 0 radical (unpaired) electrons. The lowest BCUT2D eigenvalue weighted by Crippen LogP contribution is -2.17. The predicted molar refractivity (Wildman–Crippen MR) is 75.2 cm³/mol. The van der Waals surface area contributed by atoms with Crippen molar-refractivity contribution in [1.82, 2.24) is 9.97 Å². The molecule has 0 aliphatic rings. The van der Waals surface area contributed by atoms with E-state index in [4.69, 9.17) is 16.7 Å². The van der Waals surface area contributed by atoms with Crippen molar-refractivity contribution in [3.63, 3.8) is 0 Å². The van der Waals surface area contributed by atoms with Crippen molar-refractivity contribution in [3.05, 3.63) is 11.5 Å². The Morgan fingerprint density at radius 3 is 2.78 bits per heavy atom. The SMILES string of the molecule is CCCC(CCO)CNc1ncnc(Cl)c1NC. The summed E-state index contributed by atoms with van der Waals surface area (Å²) in [7, 11) is 1.78. The number of rotatable bonds is 8. The smallest absolute Gasteiger partial charge is 0.157 e. The Kier molecular flexibility index (Phi) is 6.75. The van der Waals surface area contributed by atoms with Gasteiger partial charge in [0.15, 0.2) is 11.0 Å². The number of aromatic nitrogens is 2. The molecule has 18 heavy (non-hydrogen) atoms. The predicted octanol–water partition coefficient (Wildman–Crippen LogP) is 2.38. The molecule has 1 aromatic rings. The van der Waals surface area contributed by atoms with Crippen LogP contribution in [0.1, 0.15) is 26.2 Å². The molecule has 1 heterocycles. The lowest BCUT2D eigenvalue weighted by atomic mass is 10.0. The number of aliphatic hydroxyl groups excluding tert-OH is 1. The summed E-state index contributed by atoms with van der Waals surface area (Å²) in [6.07, 6.45) is 4.43. The lowest BCUT2D eigenvalue weighted by Gasteiger charge is -2.17. The summed E-state index contributed by atoms with van der Waals surface area (Å²) in [5.41, 5.74) is 0.707. The molecular weight excluding hydrogens is 252 g/mol. The highest BCUT2D eigenvalue weighted by molar-refractivity contribution is 6.32. The fourth-order valence-electron chi connectivity index (χ4n) is 1.90. The monoisotopic (exact) mass is 272 g/mol. The van der Waals surface area contributed by atoms with Gasteiger partial charge in [-0.15, -0.1) is 0 Å². The fourth-order valence-corrected chi connectivity index (χ4v) is 2.13. The molecule has 0 bridgehead atoms. The van der Waals surface area contributed by atoms with Crippen LogP contribution in [-0.4, -0.2) is 35.3 Å². The van der Waals surface area contributed by atoms with Crippen LogP contribution < -0.4 is 10.6 Å². The van der Waals surface area contributed by atoms with Gasteiger partial charge in [0, 0.05) is 20.2 Å². The highest BCUT2D eigenvalue weighted by Crippen LogP contribution is 2.25. The van der Waals surface area contributed by atoms with E-state index in [0.717, 1.165) is 25.8 Å². The summed E-state index contributed by atoms with van der Waals surface area (Å²) in [4.78, 5) is 8.09. The summed E-state index contributed by atoms with van der Waals surface area (Å²) >= 11 is 5.97. The molecule has 0 spiro atoms. The maximum atomic E-state index is 9.02. The highest BCUT2D eigenvalue weighted by Gasteiger charge is 2.11. The highest BCUT2D eigenvalue weighted by atomic mass is 35.5. The first-order chi connectivity index (χ1) is 8.72. The van der Waals surface area contributed by atoms with Gasteiger partial charge in [-0.3, -0.25) is 0 Å². The number of hydrogen-bond donors (Lipinski definition) is 3. The molecule has 0 saturated carbocycles. The Bertz CT molecular complexity index is 356. The van der Waals surface area contributed by atoms with Crippen LogP contribution in [0, 0.1) is 5.92 Å². The number of hydrogen-bond acceptors (Lipinski definition) is 5. The van der Waals surface area contributed by atoms with Crippen LogP contribution in [0.2, 0.25) is 5.15 Å². The van der Waals surface area contributed by atoms with Crippen LogP contribution >= 0.6 is 11.6 Å². The van der Waals surface area contributed by atoms with Crippen molar-refractivity contribution >= 4 is 23.1 Å². The minimum Gasteiger partial charge on any atom is -0.396 e. The van der Waals surface area contributed by atoms with Crippen molar-refractivity contribution < 1.29 is 5.11 Å². The van der Waals surface area contributed by atoms with E-state index in [9.17, 15) is 0 Å². The normalized spacial score (nSPS) is 12.2. The second kappa shape index (κ2) is 8.11. The molecule has 0 aliphatic carbocycles. The summed E-state index contributed by atoms with van der Waals surface area (Å²) in [6.45, 7) is 3.14. The van der Waals surface area contributed by atoms with E-state index < -0.39 is 0 Å². The maximum absolute atomic E-state index is 9.02. The van der Waals surface area contributed by atoms with E-state index in [-0.39, 0.29) is 6.61 Å². The van der Waals surface area contributed by atoms with Crippen LogP contribution in [0.5, 0.6) is 0 Å². The summed E-state index contributed by atoms with van der Waals surface area (Å²) in [5.74, 6) is 1.15. The minimum absolute atomic E-state index is 0.218. The molecule has 0 amide bonds. The molecule has 0 saturated heterocycles. The summed E-state index contributed by atoms with van der Waals surface area (Å²) < 4.78 is 0. The van der Waals surface area contributed by atoms with Crippen LogP contribution in [0.15, 0.2) is 6.33 Å². The Morgan fingerprint density at radius 2 is 2.17 bits per heavy atom. The van der Waals surface area contributed by atoms with E-state index in [1.54, 1.807) is 7.05 Å². The van der Waals surface area contributed by atoms with Crippen LogP contribution in [0.25, 0.3) is 0 Å². The minimum atomic E-state index is 0.218. The molecule has 6 heteroatoms. The molecule has 5 nitrogen and oxygen atoms in total. The fraction of sp³-hybridized carbons (Fsp3) is 0.667. The molecular formula is C12H21ClN4O. The lowest BCUT2D eigenvalue weighted by molar-refractivity contribution is 0.255. The van der Waals surface area contributed by atoms with Gasteiger partial charge in [0.1, 0.15) is 12.0 Å². The van der Waals surface area contributed by atoms with Gasteiger partial charge in [0.25, 0.3) is 0 Å². The topological polar surface area (TPSA) is 70.1 Å². The van der Waals surface area contributed by atoms with Gasteiger partial charge in [-0.05, 0) is 18.8 Å². The molecule has 102 valence electrons. The number of halogens is 1. The van der Waals surface area contributed by atoms with Gasteiger partial charge in [0.2, 0.25) is 0 Å². The summed E-state index contributed by atoms with van der Waals surface area (Å²) in [6, 6.07) is 0. The van der Waals surface area contributed by atoms with E-state index in [1.807, 2.05) is 0 Å². The van der Waals surface area contributed by atoms with Crippen LogP contribution in [-0.2, 0) is 0 Å². The molecule has 1 aromatic heterocycles. The third kappa shape index (κ3) is 4.31. The quantitative estimate of drug-likeness (QED) is 0.634. The number of nitrogens with one attached hydrogen (secondary N) is 2. The number of aliphatic hydroxyl groups is 1. The van der Waals surface area contributed by atoms with E-state index >= 15 is 0 Å². The van der Waals surface area contributed by atoms with Crippen molar-refractivity contribution in [3.8, 4) is 0 Å². The zero-order valence-electron chi connectivity index (χ0n) is 10.9. The first-order valence-corrected chi connectivity index (χ1v) is 6.63. The third-order valence-corrected chi connectivity index (χ3v) is 3.13. The number of anilines is 2. The van der Waals surface area contributed by atoms with Crippen LogP contribution in [0.3, 0.4) is 0 Å². The van der Waals surface area contributed by atoms with Crippen molar-refractivity contribution in [1.29, 1.82) is 0 Å². The van der Waals surface area contributed by atoms with Crippen molar-refractivity contribution in [2.24, 2.45) is 5.92 Å². The third-order valence-electron chi connectivity index (χ3n) is 2.84. The Balaban J connectivity index is 2.63. The van der Waals surface area contributed by atoms with Gasteiger partial charge >= 0.3 is 0 Å². The van der Waals surface area contributed by atoms with Crippen LogP contribution in [0.4, 0.5) is 11.5 Å². The largest absolute Gasteiger partial charge is 0.396 e. The Morgan fingerprint density at radius 1 is 1.39 bits per heavy atom. The summed E-state index contributed by atoms with van der Waals surface area (Å²) in [5, 5.41) is 15.7. The Labute approximate surface area is 113 Å². The standard InChI is InChI=1S/C12H21ClN4O/c1-3-4-9(5-6-18)7-15-12-10(14-2)11(13)16-8-17-12/h8-9,14,18H,3-7H2,1-2H3,(H,15,16,17). The van der Waals surface area contributed by atoms with Gasteiger partial charge in [-0.25, -0.2) is 9.97 Å². The van der Waals surface area contributed by atoms with Crippen molar-refractivity contribution in [2.75, 3.05) is 30.8 Å². The second-order valence-electron chi connectivity index (χ2n) is 4.19. The van der Waals surface area contributed by atoms with E-state index in [0.29, 0.717) is 22.6 Å². The van der Waals surface area contributed by atoms with E-state index in [1.165, 1.54) is 6.33 Å². The molecule has 3 N–H and O–H groups in total. The zero-order chi connectivity index (χ0) is 13.4. The molecule has 0 aliphatic heterocycles. The first kappa shape index (κ1) is 15.0. The average molecular weight is 273 g/mol. The molecule has 0 aromatic carbocycles. The molecule has 1 unspecified atom stereocenters. The molecule has 1 rings (SSSR count). The second-order valence-corrected chi connectivity index (χ2v) is 4.54. The van der Waals surface area contributed by atoms with Gasteiger partial charge < -0.3 is 15.7 Å². The van der Waals surface area contributed by atoms with E-state index in [2.05, 4.69) is 27.5 Å².